The van der Waals surface area contributed by atoms with Crippen LogP contribution in [0.25, 0.3) is 11.3 Å². The van der Waals surface area contributed by atoms with Gasteiger partial charge in [0.05, 0.1) is 12.2 Å². The van der Waals surface area contributed by atoms with Crippen LogP contribution in [0.15, 0.2) is 83.2 Å². The van der Waals surface area contributed by atoms with Gasteiger partial charge in [-0.2, -0.15) is 0 Å². The molecule has 172 valence electrons. The van der Waals surface area contributed by atoms with E-state index in [1.807, 2.05) is 66.0 Å². The predicted octanol–water partition coefficient (Wildman–Crippen LogP) is 3.70. The molecule has 2 aromatic heterocycles. The topological polar surface area (TPSA) is 93.1 Å². The SMILES string of the molecule is CCNC(=O)c1cn(Cc2ccccc2)cc(C(=O)NCc2nc(-c3ccccc3)cs2)c1=O. The normalized spacial score (nSPS) is 10.6. The van der Waals surface area contributed by atoms with Crippen molar-refractivity contribution in [2.75, 3.05) is 6.54 Å². The maximum atomic E-state index is 13.0. The maximum absolute atomic E-state index is 13.0. The summed E-state index contributed by atoms with van der Waals surface area (Å²) in [5.74, 6) is -1.05. The Labute approximate surface area is 201 Å². The number of thiazole rings is 1. The van der Waals surface area contributed by atoms with Gasteiger partial charge in [0.1, 0.15) is 16.1 Å². The number of benzene rings is 2. The molecule has 0 aliphatic carbocycles. The fraction of sp³-hybridized carbons (Fsp3) is 0.154. The third-order valence-electron chi connectivity index (χ3n) is 5.14. The number of aromatic nitrogens is 2. The quantitative estimate of drug-likeness (QED) is 0.409. The highest BCUT2D eigenvalue weighted by molar-refractivity contribution is 7.09. The molecule has 0 unspecified atom stereocenters. The van der Waals surface area contributed by atoms with Gasteiger partial charge in [-0.15, -0.1) is 11.3 Å². The number of hydrogen-bond acceptors (Lipinski definition) is 5. The van der Waals surface area contributed by atoms with Gasteiger partial charge in [0.25, 0.3) is 11.8 Å². The molecular weight excluding hydrogens is 448 g/mol. The Morgan fingerprint density at radius 3 is 2.18 bits per heavy atom. The summed E-state index contributed by atoms with van der Waals surface area (Å²) >= 11 is 1.43. The molecule has 2 N–H and O–H groups in total. The zero-order chi connectivity index (χ0) is 23.9. The van der Waals surface area contributed by atoms with Crippen LogP contribution in [-0.2, 0) is 13.1 Å². The van der Waals surface area contributed by atoms with Crippen LogP contribution in [0.2, 0.25) is 0 Å². The zero-order valence-electron chi connectivity index (χ0n) is 18.7. The zero-order valence-corrected chi connectivity index (χ0v) is 19.5. The number of pyridine rings is 1. The van der Waals surface area contributed by atoms with Crippen molar-refractivity contribution < 1.29 is 9.59 Å². The summed E-state index contributed by atoms with van der Waals surface area (Å²) in [4.78, 5) is 43.0. The third kappa shape index (κ3) is 5.47. The molecule has 0 bridgehead atoms. The molecule has 0 spiro atoms. The number of nitrogens with one attached hydrogen (secondary N) is 2. The molecule has 8 heteroatoms. The maximum Gasteiger partial charge on any atom is 0.257 e. The van der Waals surface area contributed by atoms with E-state index >= 15 is 0 Å². The van der Waals surface area contributed by atoms with Crippen LogP contribution in [0, 0.1) is 0 Å². The first kappa shape index (κ1) is 23.1. The summed E-state index contributed by atoms with van der Waals surface area (Å²) in [6.07, 6.45) is 2.98. The second kappa shape index (κ2) is 10.7. The van der Waals surface area contributed by atoms with E-state index in [9.17, 15) is 14.4 Å². The van der Waals surface area contributed by atoms with Gasteiger partial charge in [0.2, 0.25) is 5.43 Å². The summed E-state index contributed by atoms with van der Waals surface area (Å²) in [6, 6.07) is 19.4. The van der Waals surface area contributed by atoms with Crippen molar-refractivity contribution in [3.8, 4) is 11.3 Å². The number of nitrogens with zero attached hydrogens (tertiary/aromatic N) is 2. The van der Waals surface area contributed by atoms with Gasteiger partial charge in [-0.3, -0.25) is 14.4 Å². The molecule has 0 saturated carbocycles. The fourth-order valence-electron chi connectivity index (χ4n) is 3.48. The third-order valence-corrected chi connectivity index (χ3v) is 5.98. The summed E-state index contributed by atoms with van der Waals surface area (Å²) in [6.45, 7) is 2.75. The van der Waals surface area contributed by atoms with E-state index in [1.54, 1.807) is 11.5 Å². The Kier molecular flexibility index (Phi) is 7.29. The Bertz CT molecular complexity index is 1350. The van der Waals surface area contributed by atoms with Gasteiger partial charge in [-0.05, 0) is 12.5 Å². The Morgan fingerprint density at radius 2 is 1.53 bits per heavy atom. The number of carbonyl (C=O) groups is 2. The van der Waals surface area contributed by atoms with Gasteiger partial charge in [0.15, 0.2) is 0 Å². The van der Waals surface area contributed by atoms with Crippen LogP contribution >= 0.6 is 11.3 Å². The Hall–Kier alpha value is -4.04. The first-order valence-corrected chi connectivity index (χ1v) is 11.8. The lowest BCUT2D eigenvalue weighted by atomic mass is 10.1. The number of amides is 2. The highest BCUT2D eigenvalue weighted by Crippen LogP contribution is 2.21. The van der Waals surface area contributed by atoms with Crippen LogP contribution < -0.4 is 16.1 Å². The van der Waals surface area contributed by atoms with Crippen molar-refractivity contribution in [2.45, 2.75) is 20.0 Å². The van der Waals surface area contributed by atoms with E-state index in [0.717, 1.165) is 21.8 Å². The molecule has 0 aliphatic heterocycles. The number of hydrogen-bond donors (Lipinski definition) is 2. The van der Waals surface area contributed by atoms with Crippen LogP contribution in [0.4, 0.5) is 0 Å². The van der Waals surface area contributed by atoms with Crippen LogP contribution in [0.3, 0.4) is 0 Å². The highest BCUT2D eigenvalue weighted by atomic mass is 32.1. The predicted molar refractivity (Wildman–Crippen MR) is 133 cm³/mol. The summed E-state index contributed by atoms with van der Waals surface area (Å²) in [5.41, 5.74) is 2.06. The average Bonchev–Trinajstić information content (AvgIpc) is 3.34. The Morgan fingerprint density at radius 1 is 0.912 bits per heavy atom. The van der Waals surface area contributed by atoms with Crippen molar-refractivity contribution in [1.29, 1.82) is 0 Å². The van der Waals surface area contributed by atoms with Crippen molar-refractivity contribution >= 4 is 23.2 Å². The van der Waals surface area contributed by atoms with Crippen LogP contribution in [-0.4, -0.2) is 27.9 Å². The van der Waals surface area contributed by atoms with E-state index in [2.05, 4.69) is 15.6 Å². The molecule has 2 heterocycles. The molecule has 0 atom stereocenters. The summed E-state index contributed by atoms with van der Waals surface area (Å²) in [5, 5.41) is 8.07. The minimum Gasteiger partial charge on any atom is -0.352 e. The Balaban J connectivity index is 1.56. The number of rotatable bonds is 8. The van der Waals surface area contributed by atoms with E-state index in [1.165, 1.54) is 23.7 Å². The molecule has 4 aromatic rings. The van der Waals surface area contributed by atoms with E-state index in [-0.39, 0.29) is 17.7 Å². The molecule has 4 rings (SSSR count). The molecule has 0 fully saturated rings. The monoisotopic (exact) mass is 472 g/mol. The molecular formula is C26H24N4O3S. The van der Waals surface area contributed by atoms with Crippen molar-refractivity contribution in [2.24, 2.45) is 0 Å². The molecule has 0 radical (unpaired) electrons. The lowest BCUT2D eigenvalue weighted by Gasteiger charge is -2.12. The summed E-state index contributed by atoms with van der Waals surface area (Å²) < 4.78 is 1.69. The number of carbonyl (C=O) groups excluding carboxylic acids is 2. The smallest absolute Gasteiger partial charge is 0.257 e. The highest BCUT2D eigenvalue weighted by Gasteiger charge is 2.19. The second-order valence-corrected chi connectivity index (χ2v) is 8.55. The summed E-state index contributed by atoms with van der Waals surface area (Å²) in [7, 11) is 0. The first-order chi connectivity index (χ1) is 16.5. The van der Waals surface area contributed by atoms with Crippen LogP contribution in [0.1, 0.15) is 38.2 Å². The average molecular weight is 473 g/mol. The van der Waals surface area contributed by atoms with E-state index in [4.69, 9.17) is 0 Å². The minimum absolute atomic E-state index is 0.0638. The van der Waals surface area contributed by atoms with E-state index in [0.29, 0.717) is 13.1 Å². The van der Waals surface area contributed by atoms with Crippen molar-refractivity contribution in [3.63, 3.8) is 0 Å². The van der Waals surface area contributed by atoms with Gasteiger partial charge >= 0.3 is 0 Å². The van der Waals surface area contributed by atoms with Crippen molar-refractivity contribution in [1.82, 2.24) is 20.2 Å². The van der Waals surface area contributed by atoms with Gasteiger partial charge in [-0.25, -0.2) is 4.98 Å². The molecule has 34 heavy (non-hydrogen) atoms. The fourth-order valence-corrected chi connectivity index (χ4v) is 4.22. The standard InChI is InChI=1S/C26H24N4O3S/c1-2-27-25(32)20-15-30(14-18-9-5-3-6-10-18)16-21(24(20)31)26(33)28-13-23-29-22(17-34-23)19-11-7-4-8-12-19/h3-12,15-17H,2,13-14H2,1H3,(H,27,32)(H,28,33). The van der Waals surface area contributed by atoms with E-state index < -0.39 is 17.2 Å². The molecule has 2 aromatic carbocycles. The van der Waals surface area contributed by atoms with Gasteiger partial charge in [-0.1, -0.05) is 60.7 Å². The molecule has 7 nitrogen and oxygen atoms in total. The molecule has 2 amide bonds. The van der Waals surface area contributed by atoms with Crippen LogP contribution in [0.5, 0.6) is 0 Å². The second-order valence-electron chi connectivity index (χ2n) is 7.61. The lowest BCUT2D eigenvalue weighted by molar-refractivity contribution is 0.0948. The first-order valence-electron chi connectivity index (χ1n) is 10.9. The van der Waals surface area contributed by atoms with Gasteiger partial charge in [0, 0.05) is 36.4 Å². The molecule has 0 aliphatic rings. The van der Waals surface area contributed by atoms with Gasteiger partial charge < -0.3 is 15.2 Å². The van der Waals surface area contributed by atoms with Crippen molar-refractivity contribution in [3.05, 3.63) is 110 Å². The largest absolute Gasteiger partial charge is 0.352 e. The molecule has 0 saturated heterocycles. The minimum atomic E-state index is -0.600. The lowest BCUT2D eigenvalue weighted by Crippen LogP contribution is -2.35.